The van der Waals surface area contributed by atoms with Crippen molar-refractivity contribution in [3.8, 4) is 17.3 Å². The van der Waals surface area contributed by atoms with Gasteiger partial charge >= 0.3 is 0 Å². The molecule has 0 saturated heterocycles. The highest BCUT2D eigenvalue weighted by molar-refractivity contribution is 5.94. The van der Waals surface area contributed by atoms with Crippen molar-refractivity contribution in [2.45, 2.75) is 19.4 Å². The average molecular weight is 472 g/mol. The predicted octanol–water partition coefficient (Wildman–Crippen LogP) is 3.38. The van der Waals surface area contributed by atoms with Gasteiger partial charge in [-0.1, -0.05) is 30.3 Å². The largest absolute Gasteiger partial charge is 0.454 e. The van der Waals surface area contributed by atoms with Crippen molar-refractivity contribution < 1.29 is 19.4 Å². The number of amides is 1. The maximum Gasteiger partial charge on any atom is 0.253 e. The van der Waals surface area contributed by atoms with E-state index in [-0.39, 0.29) is 25.3 Å². The van der Waals surface area contributed by atoms with Gasteiger partial charge in [-0.15, -0.1) is 0 Å². The quantitative estimate of drug-likeness (QED) is 0.361. The summed E-state index contributed by atoms with van der Waals surface area (Å²) in [6.45, 7) is 1.96. The minimum atomic E-state index is -0.383. The van der Waals surface area contributed by atoms with Crippen molar-refractivity contribution in [3.05, 3.63) is 89.9 Å². The van der Waals surface area contributed by atoms with Crippen LogP contribution in [0.1, 0.15) is 21.5 Å². The third-order valence-corrected chi connectivity index (χ3v) is 5.65. The Morgan fingerprint density at radius 3 is 2.80 bits per heavy atom. The second-order valence-electron chi connectivity index (χ2n) is 8.24. The van der Waals surface area contributed by atoms with Crippen LogP contribution in [-0.2, 0) is 6.42 Å². The van der Waals surface area contributed by atoms with E-state index in [2.05, 4.69) is 20.6 Å². The van der Waals surface area contributed by atoms with Crippen LogP contribution < -0.4 is 20.1 Å². The van der Waals surface area contributed by atoms with Crippen LogP contribution in [0, 0.1) is 6.92 Å². The zero-order valence-electron chi connectivity index (χ0n) is 19.1. The minimum Gasteiger partial charge on any atom is -0.454 e. The van der Waals surface area contributed by atoms with Crippen molar-refractivity contribution >= 4 is 17.5 Å². The van der Waals surface area contributed by atoms with Gasteiger partial charge in [-0.05, 0) is 37.1 Å². The molecule has 3 heterocycles. The smallest absolute Gasteiger partial charge is 0.253 e. The number of carbonyl (C=O) groups is 1. The number of aliphatic hydroxyl groups excluding tert-OH is 1. The maximum atomic E-state index is 12.8. The molecule has 2 aromatic carbocycles. The number of anilines is 2. The fourth-order valence-corrected chi connectivity index (χ4v) is 3.85. The van der Waals surface area contributed by atoms with E-state index in [1.807, 2.05) is 55.5 Å². The van der Waals surface area contributed by atoms with Crippen molar-refractivity contribution in [3.63, 3.8) is 0 Å². The molecular weight excluding hydrogens is 446 g/mol. The molecule has 0 bridgehead atoms. The third kappa shape index (κ3) is 5.10. The lowest BCUT2D eigenvalue weighted by molar-refractivity contribution is 0.0916. The second kappa shape index (κ2) is 9.86. The number of nitrogens with zero attached hydrogens (tertiary/aromatic N) is 3. The van der Waals surface area contributed by atoms with Gasteiger partial charge in [-0.2, -0.15) is 4.98 Å². The molecule has 9 nitrogen and oxygen atoms in total. The normalized spacial score (nSPS) is 12.9. The molecular formula is C26H25N5O4. The molecule has 1 aliphatic rings. The number of aryl methyl sites for hydroxylation is 1. The first-order valence-corrected chi connectivity index (χ1v) is 11.2. The third-order valence-electron chi connectivity index (χ3n) is 5.65. The molecule has 1 atom stereocenters. The molecule has 9 heteroatoms. The van der Waals surface area contributed by atoms with Crippen LogP contribution in [0.2, 0.25) is 0 Å². The number of carbonyl (C=O) groups excluding carboxylic acids is 1. The van der Waals surface area contributed by atoms with Gasteiger partial charge in [0.1, 0.15) is 5.82 Å². The Balaban J connectivity index is 1.30. The van der Waals surface area contributed by atoms with Crippen molar-refractivity contribution in [2.24, 2.45) is 0 Å². The molecule has 0 radical (unpaired) electrons. The first kappa shape index (κ1) is 22.4. The van der Waals surface area contributed by atoms with E-state index >= 15 is 0 Å². The molecule has 0 fully saturated rings. The summed E-state index contributed by atoms with van der Waals surface area (Å²) in [6, 6.07) is 16.6. The van der Waals surface area contributed by atoms with Crippen LogP contribution in [0.4, 0.5) is 11.6 Å². The summed E-state index contributed by atoms with van der Waals surface area (Å²) in [5.74, 6) is 2.16. The molecule has 0 aliphatic carbocycles. The highest BCUT2D eigenvalue weighted by atomic mass is 16.7. The van der Waals surface area contributed by atoms with E-state index in [0.29, 0.717) is 35.2 Å². The Labute approximate surface area is 202 Å². The van der Waals surface area contributed by atoms with E-state index in [1.165, 1.54) is 0 Å². The molecule has 2 aromatic heterocycles. The van der Waals surface area contributed by atoms with Crippen molar-refractivity contribution in [2.75, 3.05) is 18.7 Å². The lowest BCUT2D eigenvalue weighted by Gasteiger charge is -2.16. The number of ether oxygens (including phenoxy) is 2. The Hall–Kier alpha value is -4.37. The summed E-state index contributed by atoms with van der Waals surface area (Å²) in [5, 5.41) is 15.8. The van der Waals surface area contributed by atoms with Gasteiger partial charge < -0.3 is 29.8 Å². The number of fused-ring (bicyclic) bond motifs is 1. The fraction of sp³-hybridized carbons (Fsp3) is 0.192. The highest BCUT2D eigenvalue weighted by Crippen LogP contribution is 2.34. The van der Waals surface area contributed by atoms with Crippen LogP contribution in [-0.4, -0.2) is 45.0 Å². The van der Waals surface area contributed by atoms with Gasteiger partial charge in [0.05, 0.1) is 18.2 Å². The van der Waals surface area contributed by atoms with E-state index in [1.54, 1.807) is 29.2 Å². The van der Waals surface area contributed by atoms with E-state index in [4.69, 9.17) is 9.47 Å². The van der Waals surface area contributed by atoms with Crippen LogP contribution in [0.5, 0.6) is 11.5 Å². The number of hydrogen-bond acceptors (Lipinski definition) is 7. The van der Waals surface area contributed by atoms with Crippen molar-refractivity contribution in [1.82, 2.24) is 19.9 Å². The van der Waals surface area contributed by atoms with Gasteiger partial charge in [-0.3, -0.25) is 4.79 Å². The zero-order valence-corrected chi connectivity index (χ0v) is 19.1. The molecule has 0 spiro atoms. The SMILES string of the molecule is Cc1cnc(Nc2ccc3c(c2)OCO3)nc1-n1ccc(C(=O)N[C@H](CO)Cc2ccccc2)c1. The molecule has 178 valence electrons. The van der Waals surface area contributed by atoms with Crippen LogP contribution >= 0.6 is 0 Å². The summed E-state index contributed by atoms with van der Waals surface area (Å²) in [4.78, 5) is 21.8. The Bertz CT molecular complexity index is 1340. The fourth-order valence-electron chi connectivity index (χ4n) is 3.85. The molecule has 5 rings (SSSR count). The summed E-state index contributed by atoms with van der Waals surface area (Å²) in [5.41, 5.74) is 3.13. The van der Waals surface area contributed by atoms with Gasteiger partial charge in [-0.25, -0.2) is 4.98 Å². The van der Waals surface area contributed by atoms with Crippen LogP contribution in [0.25, 0.3) is 5.82 Å². The predicted molar refractivity (Wildman–Crippen MR) is 130 cm³/mol. The number of aromatic nitrogens is 3. The van der Waals surface area contributed by atoms with Gasteiger partial charge in [0.2, 0.25) is 12.7 Å². The Morgan fingerprint density at radius 2 is 1.97 bits per heavy atom. The van der Waals surface area contributed by atoms with Crippen LogP contribution in [0.15, 0.2) is 73.2 Å². The first-order chi connectivity index (χ1) is 17.1. The monoisotopic (exact) mass is 471 g/mol. The minimum absolute atomic E-state index is 0.152. The van der Waals surface area contributed by atoms with Gasteiger partial charge in [0, 0.05) is 35.9 Å². The lowest BCUT2D eigenvalue weighted by Crippen LogP contribution is -2.39. The average Bonchev–Trinajstić information content (AvgIpc) is 3.55. The molecule has 3 N–H and O–H groups in total. The number of aliphatic hydroxyl groups is 1. The second-order valence-corrected chi connectivity index (χ2v) is 8.24. The molecule has 1 aliphatic heterocycles. The number of hydrogen-bond donors (Lipinski definition) is 3. The van der Waals surface area contributed by atoms with Gasteiger partial charge in [0.25, 0.3) is 5.91 Å². The first-order valence-electron chi connectivity index (χ1n) is 11.2. The van der Waals surface area contributed by atoms with E-state index < -0.39 is 0 Å². The zero-order chi connectivity index (χ0) is 24.2. The standard InChI is InChI=1S/C26H25N5O4/c1-17-13-27-26(29-20-7-8-22-23(12-20)35-16-34-22)30-24(17)31-10-9-19(14-31)25(33)28-21(15-32)11-18-5-3-2-4-6-18/h2-10,12-14,21,32H,11,15-16H2,1H3,(H,28,33)(H,27,29,30)/t21-/m0/s1. The number of nitrogens with one attached hydrogen (secondary N) is 2. The van der Waals surface area contributed by atoms with Crippen molar-refractivity contribution in [1.29, 1.82) is 0 Å². The summed E-state index contributed by atoms with van der Waals surface area (Å²) in [7, 11) is 0. The summed E-state index contributed by atoms with van der Waals surface area (Å²) in [6.07, 6.45) is 5.76. The summed E-state index contributed by atoms with van der Waals surface area (Å²) >= 11 is 0. The van der Waals surface area contributed by atoms with E-state index in [9.17, 15) is 9.90 Å². The summed E-state index contributed by atoms with van der Waals surface area (Å²) < 4.78 is 12.5. The van der Waals surface area contributed by atoms with Gasteiger partial charge in [0.15, 0.2) is 11.5 Å². The topological polar surface area (TPSA) is 111 Å². The number of benzene rings is 2. The van der Waals surface area contributed by atoms with E-state index in [0.717, 1.165) is 16.8 Å². The number of rotatable bonds is 8. The molecule has 4 aromatic rings. The Kier molecular flexibility index (Phi) is 6.32. The molecule has 1 amide bonds. The van der Waals surface area contributed by atoms with Crippen LogP contribution in [0.3, 0.4) is 0 Å². The molecule has 35 heavy (non-hydrogen) atoms. The highest BCUT2D eigenvalue weighted by Gasteiger charge is 2.17. The maximum absolute atomic E-state index is 12.8. The lowest BCUT2D eigenvalue weighted by atomic mass is 10.1. The molecule has 0 unspecified atom stereocenters. The molecule has 0 saturated carbocycles. The Morgan fingerprint density at radius 1 is 1.14 bits per heavy atom.